The summed E-state index contributed by atoms with van der Waals surface area (Å²) in [7, 11) is -3.14. The van der Waals surface area contributed by atoms with E-state index < -0.39 is 14.6 Å². The predicted molar refractivity (Wildman–Crippen MR) is 65.2 cm³/mol. The molecule has 0 saturated heterocycles. The van der Waals surface area contributed by atoms with Crippen molar-refractivity contribution in [2.75, 3.05) is 11.5 Å². The van der Waals surface area contributed by atoms with Crippen LogP contribution in [0.15, 0.2) is 6.20 Å². The van der Waals surface area contributed by atoms with Gasteiger partial charge in [0.25, 0.3) is 0 Å². The maximum absolute atomic E-state index is 11.8. The largest absolute Gasteiger partial charge is 0.381 e. The van der Waals surface area contributed by atoms with Crippen molar-refractivity contribution < 1.29 is 8.42 Å². The van der Waals surface area contributed by atoms with Crippen molar-refractivity contribution in [2.24, 2.45) is 0 Å². The third kappa shape index (κ3) is 2.89. The van der Waals surface area contributed by atoms with Crippen LogP contribution in [0, 0.1) is 0 Å². The first kappa shape index (κ1) is 13.3. The SMILES string of the molecule is CC(C)(C)S(=O)(=O)CCn1cc(Cl)c(N)n1. The van der Waals surface area contributed by atoms with Gasteiger partial charge in [0, 0.05) is 6.20 Å². The van der Waals surface area contributed by atoms with E-state index in [0.717, 1.165) is 0 Å². The molecule has 7 heteroatoms. The zero-order chi connectivity index (χ0) is 12.6. The van der Waals surface area contributed by atoms with Crippen LogP contribution >= 0.6 is 11.6 Å². The van der Waals surface area contributed by atoms with Gasteiger partial charge < -0.3 is 5.73 Å². The van der Waals surface area contributed by atoms with E-state index in [4.69, 9.17) is 17.3 Å². The van der Waals surface area contributed by atoms with E-state index >= 15 is 0 Å². The van der Waals surface area contributed by atoms with Crippen LogP contribution in [0.1, 0.15) is 20.8 Å². The molecule has 16 heavy (non-hydrogen) atoms. The zero-order valence-electron chi connectivity index (χ0n) is 9.57. The van der Waals surface area contributed by atoms with Crippen LogP contribution in [0.4, 0.5) is 5.82 Å². The summed E-state index contributed by atoms with van der Waals surface area (Å²) >= 11 is 5.71. The Hall–Kier alpha value is -0.750. The molecule has 0 amide bonds. The molecule has 0 spiro atoms. The van der Waals surface area contributed by atoms with E-state index in [1.54, 1.807) is 20.8 Å². The molecule has 5 nitrogen and oxygen atoms in total. The molecule has 1 heterocycles. The Kier molecular flexibility index (Phi) is 3.54. The highest BCUT2D eigenvalue weighted by molar-refractivity contribution is 7.92. The molecule has 0 bridgehead atoms. The summed E-state index contributed by atoms with van der Waals surface area (Å²) in [6, 6.07) is 0. The van der Waals surface area contributed by atoms with Gasteiger partial charge in [0.1, 0.15) is 5.02 Å². The molecule has 1 aromatic heterocycles. The molecule has 0 aromatic carbocycles. The summed E-state index contributed by atoms with van der Waals surface area (Å²) in [5.74, 6) is 0.239. The fourth-order valence-electron chi connectivity index (χ4n) is 1.05. The summed E-state index contributed by atoms with van der Waals surface area (Å²) in [6.07, 6.45) is 1.52. The van der Waals surface area contributed by atoms with Crippen LogP contribution in [0.2, 0.25) is 5.02 Å². The third-order valence-electron chi connectivity index (χ3n) is 2.27. The standard InChI is InChI=1S/C9H16ClN3O2S/c1-9(2,3)16(14,15)5-4-13-6-7(10)8(11)12-13/h6H,4-5H2,1-3H3,(H2,11,12). The zero-order valence-corrected chi connectivity index (χ0v) is 11.1. The first-order chi connectivity index (χ1) is 7.13. The average Bonchev–Trinajstić information content (AvgIpc) is 2.41. The minimum absolute atomic E-state index is 0.0218. The summed E-state index contributed by atoms with van der Waals surface area (Å²) < 4.78 is 24.3. The smallest absolute Gasteiger partial charge is 0.164 e. The van der Waals surface area contributed by atoms with E-state index in [2.05, 4.69) is 5.10 Å². The van der Waals surface area contributed by atoms with Crippen molar-refractivity contribution in [1.29, 1.82) is 0 Å². The number of rotatable bonds is 3. The van der Waals surface area contributed by atoms with Crippen molar-refractivity contribution >= 4 is 27.3 Å². The number of halogens is 1. The minimum atomic E-state index is -3.14. The van der Waals surface area contributed by atoms with Gasteiger partial charge in [-0.05, 0) is 20.8 Å². The van der Waals surface area contributed by atoms with Crippen LogP contribution < -0.4 is 5.73 Å². The molecular formula is C9H16ClN3O2S. The number of hydrogen-bond acceptors (Lipinski definition) is 4. The van der Waals surface area contributed by atoms with Crippen LogP contribution in [0.3, 0.4) is 0 Å². The molecule has 1 rings (SSSR count). The topological polar surface area (TPSA) is 78.0 Å². The van der Waals surface area contributed by atoms with Gasteiger partial charge >= 0.3 is 0 Å². The van der Waals surface area contributed by atoms with Gasteiger partial charge in [-0.25, -0.2) is 8.42 Å². The lowest BCUT2D eigenvalue weighted by atomic mass is 10.3. The van der Waals surface area contributed by atoms with Crippen LogP contribution in [-0.2, 0) is 16.4 Å². The molecule has 2 N–H and O–H groups in total. The molecule has 0 aliphatic rings. The van der Waals surface area contributed by atoms with Crippen LogP contribution in [-0.4, -0.2) is 28.7 Å². The number of aromatic nitrogens is 2. The Morgan fingerprint density at radius 2 is 2.06 bits per heavy atom. The fraction of sp³-hybridized carbons (Fsp3) is 0.667. The fourth-order valence-corrected chi connectivity index (χ4v) is 2.24. The normalized spacial score (nSPS) is 13.0. The lowest BCUT2D eigenvalue weighted by molar-refractivity contribution is 0.548. The molecule has 0 unspecified atom stereocenters. The molecule has 1 aromatic rings. The molecule has 0 fully saturated rings. The number of hydrogen-bond donors (Lipinski definition) is 1. The Morgan fingerprint density at radius 3 is 2.44 bits per heavy atom. The summed E-state index contributed by atoms with van der Waals surface area (Å²) in [6.45, 7) is 5.28. The van der Waals surface area contributed by atoms with Crippen molar-refractivity contribution in [3.8, 4) is 0 Å². The molecule has 0 atom stereocenters. The van der Waals surface area contributed by atoms with Crippen molar-refractivity contribution in [2.45, 2.75) is 32.1 Å². The Morgan fingerprint density at radius 1 is 1.50 bits per heavy atom. The molecule has 0 radical (unpaired) electrons. The monoisotopic (exact) mass is 265 g/mol. The highest BCUT2D eigenvalue weighted by Crippen LogP contribution is 2.18. The summed E-state index contributed by atoms with van der Waals surface area (Å²) in [5, 5.41) is 4.23. The lowest BCUT2D eigenvalue weighted by Gasteiger charge is -2.18. The molecule has 0 saturated carbocycles. The minimum Gasteiger partial charge on any atom is -0.381 e. The Bertz CT molecular complexity index is 454. The maximum atomic E-state index is 11.8. The molecule has 92 valence electrons. The van der Waals surface area contributed by atoms with Gasteiger partial charge in [0.15, 0.2) is 15.7 Å². The second-order valence-electron chi connectivity index (χ2n) is 4.56. The number of sulfone groups is 1. The van der Waals surface area contributed by atoms with E-state index in [1.165, 1.54) is 10.9 Å². The molecular weight excluding hydrogens is 250 g/mol. The first-order valence-corrected chi connectivity index (χ1v) is 6.87. The number of nitrogens with two attached hydrogens (primary N) is 1. The number of aryl methyl sites for hydroxylation is 1. The van der Waals surface area contributed by atoms with Gasteiger partial charge in [-0.1, -0.05) is 11.6 Å². The lowest BCUT2D eigenvalue weighted by Crippen LogP contribution is -2.32. The van der Waals surface area contributed by atoms with E-state index in [1.807, 2.05) is 0 Å². The Balaban J connectivity index is 2.73. The Labute approximate surface area is 100 Å². The summed E-state index contributed by atoms with van der Waals surface area (Å²) in [4.78, 5) is 0. The van der Waals surface area contributed by atoms with Gasteiger partial charge in [-0.3, -0.25) is 4.68 Å². The van der Waals surface area contributed by atoms with E-state index in [-0.39, 0.29) is 18.1 Å². The van der Waals surface area contributed by atoms with Crippen LogP contribution in [0.25, 0.3) is 0 Å². The van der Waals surface area contributed by atoms with Gasteiger partial charge in [0.05, 0.1) is 17.0 Å². The van der Waals surface area contributed by atoms with Gasteiger partial charge in [-0.2, -0.15) is 5.10 Å². The van der Waals surface area contributed by atoms with Gasteiger partial charge in [0.2, 0.25) is 0 Å². The van der Waals surface area contributed by atoms with Crippen molar-refractivity contribution in [3.63, 3.8) is 0 Å². The quantitative estimate of drug-likeness (QED) is 0.894. The highest BCUT2D eigenvalue weighted by Gasteiger charge is 2.28. The van der Waals surface area contributed by atoms with E-state index in [9.17, 15) is 8.42 Å². The number of nitrogen functional groups attached to an aromatic ring is 1. The van der Waals surface area contributed by atoms with Gasteiger partial charge in [-0.15, -0.1) is 0 Å². The van der Waals surface area contributed by atoms with Crippen molar-refractivity contribution in [3.05, 3.63) is 11.2 Å². The molecule has 0 aliphatic heterocycles. The predicted octanol–water partition coefficient (Wildman–Crippen LogP) is 1.33. The van der Waals surface area contributed by atoms with Crippen LogP contribution in [0.5, 0.6) is 0 Å². The van der Waals surface area contributed by atoms with E-state index in [0.29, 0.717) is 5.02 Å². The van der Waals surface area contributed by atoms with Crippen molar-refractivity contribution in [1.82, 2.24) is 9.78 Å². The first-order valence-electron chi connectivity index (χ1n) is 4.84. The summed E-state index contributed by atoms with van der Waals surface area (Å²) in [5.41, 5.74) is 5.45. The number of nitrogens with zero attached hydrogens (tertiary/aromatic N) is 2. The highest BCUT2D eigenvalue weighted by atomic mass is 35.5. The third-order valence-corrected chi connectivity index (χ3v) is 5.14. The average molecular weight is 266 g/mol. The second kappa shape index (κ2) is 4.25. The number of anilines is 1. The molecule has 0 aliphatic carbocycles. The second-order valence-corrected chi connectivity index (χ2v) is 7.83. The maximum Gasteiger partial charge on any atom is 0.164 e.